The zero-order valence-corrected chi connectivity index (χ0v) is 13.1. The Morgan fingerprint density at radius 1 is 1.15 bits per heavy atom. The van der Waals surface area contributed by atoms with Crippen molar-refractivity contribution in [3.05, 3.63) is 62.1 Å². The van der Waals surface area contributed by atoms with Gasteiger partial charge in [-0.2, -0.15) is 0 Å². The van der Waals surface area contributed by atoms with Crippen LogP contribution in [-0.2, 0) is 6.42 Å². The number of hydrogen-bond acceptors (Lipinski definition) is 2. The molecule has 100 valence electrons. The highest BCUT2D eigenvalue weighted by Crippen LogP contribution is 2.22. The van der Waals surface area contributed by atoms with Gasteiger partial charge in [0, 0.05) is 5.56 Å². The Morgan fingerprint density at radius 3 is 2.65 bits per heavy atom. The van der Waals surface area contributed by atoms with Gasteiger partial charge in [-0.15, -0.1) is 0 Å². The average molecular weight is 376 g/mol. The first kappa shape index (κ1) is 13.3. The van der Waals surface area contributed by atoms with Crippen molar-refractivity contribution < 1.29 is 0 Å². The van der Waals surface area contributed by atoms with E-state index in [1.165, 1.54) is 5.39 Å². The van der Waals surface area contributed by atoms with Gasteiger partial charge in [0.05, 0.1) is 9.26 Å². The van der Waals surface area contributed by atoms with Crippen LogP contribution < -0.4 is 5.56 Å². The summed E-state index contributed by atoms with van der Waals surface area (Å²) >= 11 is 2.05. The third kappa shape index (κ3) is 2.35. The third-order valence-corrected chi connectivity index (χ3v) is 4.40. The molecule has 0 saturated carbocycles. The van der Waals surface area contributed by atoms with Crippen molar-refractivity contribution in [1.82, 2.24) is 9.97 Å². The fourth-order valence-corrected chi connectivity index (χ4v) is 2.85. The van der Waals surface area contributed by atoms with Crippen LogP contribution in [0.4, 0.5) is 0 Å². The molecule has 0 atom stereocenters. The normalized spacial score (nSPS) is 10.9. The molecule has 0 spiro atoms. The number of benzene rings is 2. The number of aromatic amines is 1. The monoisotopic (exact) mass is 376 g/mol. The van der Waals surface area contributed by atoms with Crippen molar-refractivity contribution >= 4 is 33.4 Å². The summed E-state index contributed by atoms with van der Waals surface area (Å²) in [5.41, 5.74) is 1.71. The number of H-pyrrole nitrogens is 1. The molecule has 0 unspecified atom stereocenters. The molecule has 3 aromatic rings. The number of hydrogen-bond donors (Lipinski definition) is 1. The van der Waals surface area contributed by atoms with Crippen molar-refractivity contribution in [2.45, 2.75) is 13.3 Å². The van der Waals surface area contributed by atoms with Crippen molar-refractivity contribution in [2.24, 2.45) is 0 Å². The molecule has 20 heavy (non-hydrogen) atoms. The van der Waals surface area contributed by atoms with E-state index in [9.17, 15) is 4.79 Å². The summed E-state index contributed by atoms with van der Waals surface area (Å²) in [6, 6.07) is 14.3. The van der Waals surface area contributed by atoms with Gasteiger partial charge in [0.25, 0.3) is 5.56 Å². The number of halogens is 1. The molecule has 0 saturated heterocycles. The molecule has 0 amide bonds. The minimum atomic E-state index is -0.0689. The Hall–Kier alpha value is -1.69. The smallest absolute Gasteiger partial charge is 0.264 e. The Bertz CT molecular complexity index is 839. The molecule has 0 fully saturated rings. The average Bonchev–Trinajstić information content (AvgIpc) is 2.49. The fraction of sp³-hybridized carbons (Fsp3) is 0.125. The van der Waals surface area contributed by atoms with Gasteiger partial charge in [-0.05, 0) is 45.9 Å². The van der Waals surface area contributed by atoms with Crippen molar-refractivity contribution in [3.63, 3.8) is 0 Å². The van der Waals surface area contributed by atoms with Crippen LogP contribution in [0.3, 0.4) is 0 Å². The summed E-state index contributed by atoms with van der Waals surface area (Å²) in [5.74, 6) is 0.637. The number of aryl methyl sites for hydroxylation is 1. The molecule has 0 aliphatic carbocycles. The van der Waals surface area contributed by atoms with Crippen LogP contribution in [0.15, 0.2) is 47.3 Å². The summed E-state index contributed by atoms with van der Waals surface area (Å²) in [6.45, 7) is 2.01. The van der Waals surface area contributed by atoms with E-state index in [0.29, 0.717) is 9.39 Å². The first-order chi connectivity index (χ1) is 9.69. The van der Waals surface area contributed by atoms with Crippen LogP contribution in [0.2, 0.25) is 0 Å². The summed E-state index contributed by atoms with van der Waals surface area (Å²) in [7, 11) is 0. The molecule has 0 aliphatic heterocycles. The lowest BCUT2D eigenvalue weighted by molar-refractivity contribution is 0.969. The molecule has 0 bridgehead atoms. The van der Waals surface area contributed by atoms with Crippen molar-refractivity contribution in [3.8, 4) is 11.4 Å². The molecular weight excluding hydrogens is 363 g/mol. The van der Waals surface area contributed by atoms with E-state index < -0.39 is 0 Å². The predicted octanol–water partition coefficient (Wildman–Crippen LogP) is 3.76. The minimum Gasteiger partial charge on any atom is -0.306 e. The maximum Gasteiger partial charge on any atom is 0.264 e. The van der Waals surface area contributed by atoms with Crippen LogP contribution >= 0.6 is 22.6 Å². The maximum absolute atomic E-state index is 12.0. The molecule has 3 rings (SSSR count). The zero-order valence-electron chi connectivity index (χ0n) is 11.0. The van der Waals surface area contributed by atoms with Crippen LogP contribution in [-0.4, -0.2) is 9.97 Å². The van der Waals surface area contributed by atoms with Gasteiger partial charge in [0.15, 0.2) is 0 Å². The first-order valence-corrected chi connectivity index (χ1v) is 7.55. The van der Waals surface area contributed by atoms with Gasteiger partial charge in [-0.3, -0.25) is 4.79 Å². The van der Waals surface area contributed by atoms with E-state index in [1.54, 1.807) is 0 Å². The highest BCUT2D eigenvalue weighted by molar-refractivity contribution is 14.1. The molecule has 3 nitrogen and oxygen atoms in total. The van der Waals surface area contributed by atoms with Crippen molar-refractivity contribution in [1.29, 1.82) is 0 Å². The summed E-state index contributed by atoms with van der Waals surface area (Å²) in [4.78, 5) is 19.4. The minimum absolute atomic E-state index is 0.0689. The second-order valence-corrected chi connectivity index (χ2v) is 5.67. The van der Waals surface area contributed by atoms with E-state index in [4.69, 9.17) is 0 Å². The van der Waals surface area contributed by atoms with Gasteiger partial charge in [0.2, 0.25) is 0 Å². The second-order valence-electron chi connectivity index (χ2n) is 4.59. The Labute approximate surface area is 130 Å². The first-order valence-electron chi connectivity index (χ1n) is 6.47. The number of fused-ring (bicyclic) bond motifs is 1. The SMILES string of the molecule is CCc1nc(-c2ccc3ccccc3c2)[nH]c(=O)c1I. The highest BCUT2D eigenvalue weighted by Gasteiger charge is 2.09. The third-order valence-electron chi connectivity index (χ3n) is 3.29. The van der Waals surface area contributed by atoms with E-state index in [0.717, 1.165) is 23.1 Å². The molecule has 2 aromatic carbocycles. The van der Waals surface area contributed by atoms with E-state index >= 15 is 0 Å². The quantitative estimate of drug-likeness (QED) is 0.693. The van der Waals surface area contributed by atoms with Gasteiger partial charge < -0.3 is 4.98 Å². The Morgan fingerprint density at radius 2 is 1.90 bits per heavy atom. The lowest BCUT2D eigenvalue weighted by Gasteiger charge is -2.06. The molecule has 1 N–H and O–H groups in total. The molecule has 4 heteroatoms. The van der Waals surface area contributed by atoms with E-state index in [-0.39, 0.29) is 5.56 Å². The van der Waals surface area contributed by atoms with Gasteiger partial charge in [-0.25, -0.2) is 4.98 Å². The number of rotatable bonds is 2. The van der Waals surface area contributed by atoms with Gasteiger partial charge >= 0.3 is 0 Å². The largest absolute Gasteiger partial charge is 0.306 e. The van der Waals surface area contributed by atoms with E-state index in [2.05, 4.69) is 28.2 Å². The Balaban J connectivity index is 2.20. The molecule has 1 heterocycles. The summed E-state index contributed by atoms with van der Waals surface area (Å²) in [5, 5.41) is 2.32. The van der Waals surface area contributed by atoms with Crippen LogP contribution in [0.1, 0.15) is 12.6 Å². The number of aromatic nitrogens is 2. The molecular formula is C16H13IN2O. The Kier molecular flexibility index (Phi) is 3.56. The topological polar surface area (TPSA) is 45.8 Å². The summed E-state index contributed by atoms with van der Waals surface area (Å²) in [6.07, 6.45) is 0.753. The second kappa shape index (κ2) is 5.36. The lowest BCUT2D eigenvalue weighted by Crippen LogP contribution is -2.15. The highest BCUT2D eigenvalue weighted by atomic mass is 127. The summed E-state index contributed by atoms with van der Waals surface area (Å²) < 4.78 is 0.676. The van der Waals surface area contributed by atoms with E-state index in [1.807, 2.05) is 53.8 Å². The molecule has 1 aromatic heterocycles. The lowest BCUT2D eigenvalue weighted by atomic mass is 10.1. The predicted molar refractivity (Wildman–Crippen MR) is 89.9 cm³/mol. The van der Waals surface area contributed by atoms with Crippen molar-refractivity contribution in [2.75, 3.05) is 0 Å². The van der Waals surface area contributed by atoms with Crippen LogP contribution in [0, 0.1) is 3.57 Å². The number of nitrogens with zero attached hydrogens (tertiary/aromatic N) is 1. The zero-order chi connectivity index (χ0) is 14.1. The molecule has 0 aliphatic rings. The molecule has 0 radical (unpaired) electrons. The van der Waals surface area contributed by atoms with Gasteiger partial charge in [0.1, 0.15) is 5.82 Å². The standard InChI is InChI=1S/C16H13IN2O/c1-2-13-14(17)16(20)19-15(18-13)12-8-7-10-5-3-4-6-11(10)9-12/h3-9H,2H2,1H3,(H,18,19,20). The van der Waals surface area contributed by atoms with Crippen LogP contribution in [0.5, 0.6) is 0 Å². The maximum atomic E-state index is 12.0. The van der Waals surface area contributed by atoms with Gasteiger partial charge in [-0.1, -0.05) is 43.3 Å². The van der Waals surface area contributed by atoms with Crippen LogP contribution in [0.25, 0.3) is 22.2 Å². The fourth-order valence-electron chi connectivity index (χ4n) is 2.21. The number of nitrogens with one attached hydrogen (secondary N) is 1.